The van der Waals surface area contributed by atoms with Gasteiger partial charge >= 0.3 is 12.1 Å². The van der Waals surface area contributed by atoms with Gasteiger partial charge in [0.25, 0.3) is 0 Å². The molecule has 0 spiro atoms. The fraction of sp³-hybridized carbons (Fsp3) is 0.370. The second kappa shape index (κ2) is 13.2. The summed E-state index contributed by atoms with van der Waals surface area (Å²) in [5.74, 6) is -3.17. The molecule has 1 atom stereocenters. The highest BCUT2D eigenvalue weighted by Crippen LogP contribution is 2.44. The fourth-order valence-electron chi connectivity index (χ4n) is 4.25. The Balaban J connectivity index is 1.51. The van der Waals surface area contributed by atoms with Crippen molar-refractivity contribution < 1.29 is 33.8 Å². The van der Waals surface area contributed by atoms with Crippen LogP contribution in [0.2, 0.25) is 0 Å². The van der Waals surface area contributed by atoms with E-state index >= 15 is 0 Å². The molecule has 0 fully saturated rings. The number of amides is 4. The van der Waals surface area contributed by atoms with Crippen LogP contribution in [0.4, 0.5) is 4.79 Å². The predicted octanol–water partition coefficient (Wildman–Crippen LogP) is 1.37. The van der Waals surface area contributed by atoms with E-state index in [0.29, 0.717) is 6.42 Å². The summed E-state index contributed by atoms with van der Waals surface area (Å²) in [6, 6.07) is 15.0. The van der Waals surface area contributed by atoms with Crippen LogP contribution >= 0.6 is 0 Å². The van der Waals surface area contributed by atoms with Crippen molar-refractivity contribution in [3.63, 3.8) is 0 Å². The van der Waals surface area contributed by atoms with Crippen LogP contribution in [0.25, 0.3) is 11.1 Å². The Hall–Kier alpha value is -4.41. The summed E-state index contributed by atoms with van der Waals surface area (Å²) in [6.45, 7) is 2.46. The molecule has 1 aliphatic rings. The molecule has 5 N–H and O–H groups in total. The quantitative estimate of drug-likeness (QED) is 0.280. The van der Waals surface area contributed by atoms with Crippen LogP contribution in [0.3, 0.4) is 0 Å². The van der Waals surface area contributed by atoms with E-state index in [4.69, 9.17) is 9.84 Å². The summed E-state index contributed by atoms with van der Waals surface area (Å²) >= 11 is 0. The first kappa shape index (κ1) is 28.2. The molecule has 2 aromatic carbocycles. The molecule has 202 valence electrons. The first-order valence-corrected chi connectivity index (χ1v) is 12.3. The van der Waals surface area contributed by atoms with Crippen LogP contribution in [0, 0.1) is 5.92 Å². The van der Waals surface area contributed by atoms with Gasteiger partial charge in [-0.3, -0.25) is 19.2 Å². The molecule has 0 unspecified atom stereocenters. The lowest BCUT2D eigenvalue weighted by Gasteiger charge is -2.21. The van der Waals surface area contributed by atoms with Gasteiger partial charge in [-0.1, -0.05) is 62.4 Å². The zero-order valence-electron chi connectivity index (χ0n) is 21.3. The Morgan fingerprint density at radius 1 is 0.816 bits per heavy atom. The highest BCUT2D eigenvalue weighted by Gasteiger charge is 2.30. The molecule has 0 heterocycles. The molecule has 0 saturated carbocycles. The molecular weight excluding hydrogens is 492 g/mol. The number of nitrogens with one attached hydrogen (secondary N) is 4. The number of carboxylic acids is 1. The average Bonchev–Trinajstić information content (AvgIpc) is 3.21. The summed E-state index contributed by atoms with van der Waals surface area (Å²) in [7, 11) is 0. The number of carbonyl (C=O) groups excluding carboxylic acids is 4. The number of carbonyl (C=O) groups is 5. The Morgan fingerprint density at radius 2 is 1.34 bits per heavy atom. The monoisotopic (exact) mass is 524 g/mol. The molecular formula is C27H32N4O7. The van der Waals surface area contributed by atoms with Gasteiger partial charge in [0.1, 0.15) is 19.2 Å². The standard InChI is InChI=1S/C27H32N4O7/c1-16(2)11-22(26(36)30-13-24(33)28-12-23(32)29-14-25(34)35)31-27(37)38-15-21-19-9-5-3-7-17(19)18-8-4-6-10-20(18)21/h3-10,16,21-22H,11-15H2,1-2H3,(H,28,33)(H,29,32)(H,30,36)(H,31,37)(H,34,35)/t22-/m0/s1. The Morgan fingerprint density at radius 3 is 1.89 bits per heavy atom. The topological polar surface area (TPSA) is 163 Å². The van der Waals surface area contributed by atoms with Crippen LogP contribution in [0.5, 0.6) is 0 Å². The first-order chi connectivity index (χ1) is 18.2. The van der Waals surface area contributed by atoms with Gasteiger partial charge in [-0.2, -0.15) is 0 Å². The second-order valence-electron chi connectivity index (χ2n) is 9.32. The molecule has 4 amide bonds. The number of rotatable bonds is 12. The average molecular weight is 525 g/mol. The normalized spacial score (nSPS) is 12.6. The number of hydrogen-bond acceptors (Lipinski definition) is 6. The minimum absolute atomic E-state index is 0.0615. The molecule has 2 aromatic rings. The van der Waals surface area contributed by atoms with Crippen molar-refractivity contribution in [2.24, 2.45) is 5.92 Å². The van der Waals surface area contributed by atoms with E-state index in [1.807, 2.05) is 62.4 Å². The van der Waals surface area contributed by atoms with Crippen molar-refractivity contribution in [1.29, 1.82) is 0 Å². The van der Waals surface area contributed by atoms with Crippen LogP contribution in [-0.2, 0) is 23.9 Å². The Bertz CT molecular complexity index is 1150. The van der Waals surface area contributed by atoms with Crippen LogP contribution in [0.15, 0.2) is 48.5 Å². The third-order valence-electron chi connectivity index (χ3n) is 5.97. The van der Waals surface area contributed by atoms with E-state index in [2.05, 4.69) is 21.3 Å². The zero-order chi connectivity index (χ0) is 27.7. The van der Waals surface area contributed by atoms with Crippen molar-refractivity contribution in [3.05, 3.63) is 59.7 Å². The van der Waals surface area contributed by atoms with Crippen molar-refractivity contribution in [2.75, 3.05) is 26.2 Å². The van der Waals surface area contributed by atoms with Crippen LogP contribution in [0.1, 0.15) is 37.3 Å². The third kappa shape index (κ3) is 7.79. The van der Waals surface area contributed by atoms with Gasteiger partial charge in [-0.15, -0.1) is 0 Å². The molecule has 0 aliphatic heterocycles. The van der Waals surface area contributed by atoms with Crippen molar-refractivity contribution in [3.8, 4) is 11.1 Å². The summed E-state index contributed by atoms with van der Waals surface area (Å²) in [4.78, 5) is 59.3. The zero-order valence-corrected chi connectivity index (χ0v) is 21.3. The first-order valence-electron chi connectivity index (χ1n) is 12.3. The van der Waals surface area contributed by atoms with Gasteiger partial charge in [0.15, 0.2) is 0 Å². The number of benzene rings is 2. The van der Waals surface area contributed by atoms with Crippen LogP contribution in [-0.4, -0.2) is 67.2 Å². The number of carboxylic acid groups (broad SMARTS) is 1. The van der Waals surface area contributed by atoms with E-state index in [1.54, 1.807) is 0 Å². The lowest BCUT2D eigenvalue weighted by Crippen LogP contribution is -2.50. The number of aliphatic carboxylic acids is 1. The van der Waals surface area contributed by atoms with Crippen molar-refractivity contribution in [2.45, 2.75) is 32.2 Å². The molecule has 1 aliphatic carbocycles. The van der Waals surface area contributed by atoms with E-state index < -0.39 is 55.5 Å². The predicted molar refractivity (Wildman–Crippen MR) is 138 cm³/mol. The number of ether oxygens (including phenoxy) is 1. The maximum Gasteiger partial charge on any atom is 0.407 e. The molecule has 0 bridgehead atoms. The lowest BCUT2D eigenvalue weighted by atomic mass is 9.98. The third-order valence-corrected chi connectivity index (χ3v) is 5.97. The van der Waals surface area contributed by atoms with Gasteiger partial charge in [-0.25, -0.2) is 4.79 Å². The molecule has 0 saturated heterocycles. The largest absolute Gasteiger partial charge is 0.480 e. The van der Waals surface area contributed by atoms with Gasteiger partial charge in [0, 0.05) is 5.92 Å². The van der Waals surface area contributed by atoms with E-state index in [9.17, 15) is 24.0 Å². The van der Waals surface area contributed by atoms with Gasteiger partial charge in [-0.05, 0) is 34.6 Å². The van der Waals surface area contributed by atoms with Gasteiger partial charge in [0.05, 0.1) is 13.1 Å². The minimum atomic E-state index is -1.21. The van der Waals surface area contributed by atoms with Crippen molar-refractivity contribution >= 4 is 29.8 Å². The number of alkyl carbamates (subject to hydrolysis) is 1. The van der Waals surface area contributed by atoms with Crippen molar-refractivity contribution in [1.82, 2.24) is 21.3 Å². The lowest BCUT2D eigenvalue weighted by molar-refractivity contribution is -0.137. The maximum atomic E-state index is 12.7. The van der Waals surface area contributed by atoms with Gasteiger partial charge < -0.3 is 31.1 Å². The van der Waals surface area contributed by atoms with E-state index in [0.717, 1.165) is 22.3 Å². The molecule has 11 nitrogen and oxygen atoms in total. The summed E-state index contributed by atoms with van der Waals surface area (Å²) in [6.07, 6.45) is -0.429. The Kier molecular flexibility index (Phi) is 9.80. The molecule has 0 aromatic heterocycles. The highest BCUT2D eigenvalue weighted by atomic mass is 16.5. The summed E-state index contributed by atoms with van der Waals surface area (Å²) < 4.78 is 5.54. The number of hydrogen-bond donors (Lipinski definition) is 5. The van der Waals surface area contributed by atoms with Crippen LogP contribution < -0.4 is 21.3 Å². The molecule has 3 rings (SSSR count). The smallest absolute Gasteiger partial charge is 0.407 e. The van der Waals surface area contributed by atoms with Gasteiger partial charge in [0.2, 0.25) is 17.7 Å². The van der Waals surface area contributed by atoms with E-state index in [1.165, 1.54) is 0 Å². The summed E-state index contributed by atoms with van der Waals surface area (Å²) in [5.41, 5.74) is 4.35. The molecule has 38 heavy (non-hydrogen) atoms. The second-order valence-corrected chi connectivity index (χ2v) is 9.32. The highest BCUT2D eigenvalue weighted by molar-refractivity contribution is 5.91. The fourth-order valence-corrected chi connectivity index (χ4v) is 4.25. The number of fused-ring (bicyclic) bond motifs is 3. The summed E-state index contributed by atoms with van der Waals surface area (Å²) in [5, 5.41) is 18.0. The maximum absolute atomic E-state index is 12.7. The SMILES string of the molecule is CC(C)C[C@H](NC(=O)OCC1c2ccccc2-c2ccccc21)C(=O)NCC(=O)NCC(=O)NCC(=O)O. The molecule has 11 heteroatoms. The Labute approximate surface area is 220 Å². The van der Waals surface area contributed by atoms with E-state index in [-0.39, 0.29) is 18.4 Å². The minimum Gasteiger partial charge on any atom is -0.480 e. The molecule has 0 radical (unpaired) electrons.